The van der Waals surface area contributed by atoms with Crippen molar-refractivity contribution in [3.63, 3.8) is 0 Å². The molecular formula is C31H46N6O7. The molecule has 242 valence electrons. The number of allylic oxidation sites excluding steroid dienone is 1. The van der Waals surface area contributed by atoms with Crippen molar-refractivity contribution >= 4 is 40.4 Å². The van der Waals surface area contributed by atoms with Crippen LogP contribution in [-0.4, -0.2) is 160 Å². The number of carboxylic acids is 1. The molecule has 44 heavy (non-hydrogen) atoms. The maximum Gasteiger partial charge on any atom is 0.317 e. The zero-order chi connectivity index (χ0) is 31.3. The van der Waals surface area contributed by atoms with Crippen LogP contribution in [-0.2, 0) is 28.7 Å². The average Bonchev–Trinajstić information content (AvgIpc) is 2.95. The number of benzene rings is 1. The number of piperidine rings is 1. The van der Waals surface area contributed by atoms with Gasteiger partial charge >= 0.3 is 5.97 Å². The van der Waals surface area contributed by atoms with Crippen molar-refractivity contribution in [2.45, 2.75) is 13.3 Å². The van der Waals surface area contributed by atoms with E-state index < -0.39 is 5.97 Å². The van der Waals surface area contributed by atoms with Gasteiger partial charge in [0.05, 0.1) is 59.0 Å². The third kappa shape index (κ3) is 11.4. The Morgan fingerprint density at radius 3 is 2.16 bits per heavy atom. The Morgan fingerprint density at radius 1 is 0.909 bits per heavy atom. The van der Waals surface area contributed by atoms with Crippen molar-refractivity contribution in [2.75, 3.05) is 122 Å². The van der Waals surface area contributed by atoms with E-state index in [0.29, 0.717) is 77.9 Å². The number of fused-ring (bicyclic) bond motifs is 1. The van der Waals surface area contributed by atoms with E-state index in [4.69, 9.17) is 9.47 Å². The molecule has 1 aromatic rings. The number of Topliss-reactive ketones (excluding diaryl/α,β-unsaturated/α-hetero) is 2. The molecule has 4 rings (SSSR count). The van der Waals surface area contributed by atoms with Crippen LogP contribution in [0.25, 0.3) is 5.57 Å². The van der Waals surface area contributed by atoms with Crippen LogP contribution >= 0.6 is 0 Å². The number of amides is 1. The lowest BCUT2D eigenvalue weighted by Gasteiger charge is -2.30. The van der Waals surface area contributed by atoms with E-state index in [-0.39, 0.29) is 37.0 Å². The number of aliphatic carboxylic acids is 1. The zero-order valence-corrected chi connectivity index (χ0v) is 25.7. The van der Waals surface area contributed by atoms with Gasteiger partial charge in [-0.1, -0.05) is 12.1 Å². The summed E-state index contributed by atoms with van der Waals surface area (Å²) in [7, 11) is 0. The molecule has 0 aliphatic carbocycles. The van der Waals surface area contributed by atoms with Crippen LogP contribution in [0, 0.1) is 0 Å². The molecule has 1 aromatic carbocycles. The first kappa shape index (κ1) is 33.7. The van der Waals surface area contributed by atoms with Crippen molar-refractivity contribution in [3.8, 4) is 0 Å². The first-order valence-corrected chi connectivity index (χ1v) is 15.4. The molecule has 1 amide bonds. The summed E-state index contributed by atoms with van der Waals surface area (Å²) in [4.78, 5) is 55.9. The molecule has 0 aromatic heterocycles. The Hall–Kier alpha value is -3.20. The lowest BCUT2D eigenvalue weighted by atomic mass is 10.0. The van der Waals surface area contributed by atoms with Crippen LogP contribution in [0.2, 0.25) is 0 Å². The molecule has 13 heteroatoms. The van der Waals surface area contributed by atoms with Gasteiger partial charge in [0.25, 0.3) is 0 Å². The number of carbonyl (C=O) groups excluding carboxylic acids is 3. The van der Waals surface area contributed by atoms with Crippen molar-refractivity contribution < 1.29 is 33.8 Å². The van der Waals surface area contributed by atoms with Crippen molar-refractivity contribution in [3.05, 3.63) is 29.8 Å². The Kier molecular flexibility index (Phi) is 13.3. The Labute approximate surface area is 259 Å². The van der Waals surface area contributed by atoms with Crippen LogP contribution in [0.4, 0.5) is 11.4 Å². The van der Waals surface area contributed by atoms with E-state index in [1.165, 1.54) is 5.57 Å². The van der Waals surface area contributed by atoms with Gasteiger partial charge in [-0.15, -0.1) is 0 Å². The van der Waals surface area contributed by atoms with E-state index in [9.17, 15) is 24.3 Å². The maximum atomic E-state index is 12.9. The quantitative estimate of drug-likeness (QED) is 0.296. The first-order valence-electron chi connectivity index (χ1n) is 15.4. The minimum absolute atomic E-state index is 0.0171. The highest BCUT2D eigenvalue weighted by Gasteiger charge is 2.23. The van der Waals surface area contributed by atoms with E-state index in [1.807, 2.05) is 23.1 Å². The molecule has 0 unspecified atom stereocenters. The van der Waals surface area contributed by atoms with Crippen molar-refractivity contribution in [1.29, 1.82) is 0 Å². The molecule has 0 saturated carbocycles. The number of rotatable bonds is 11. The number of nitrogens with one attached hydrogen (secondary N) is 2. The normalized spacial score (nSPS) is 19.8. The van der Waals surface area contributed by atoms with Crippen LogP contribution in [0.1, 0.15) is 18.9 Å². The Morgan fingerprint density at radius 2 is 1.52 bits per heavy atom. The van der Waals surface area contributed by atoms with Gasteiger partial charge in [0.15, 0.2) is 11.6 Å². The van der Waals surface area contributed by atoms with Gasteiger partial charge in [0.1, 0.15) is 0 Å². The highest BCUT2D eigenvalue weighted by atomic mass is 16.5. The topological polar surface area (TPSA) is 144 Å². The molecule has 3 aliphatic rings. The number of likely N-dealkylation sites (tertiary alicyclic amines) is 1. The van der Waals surface area contributed by atoms with Gasteiger partial charge in [-0.25, -0.2) is 0 Å². The third-order valence-corrected chi connectivity index (χ3v) is 8.02. The number of carbonyl (C=O) groups is 4. The summed E-state index contributed by atoms with van der Waals surface area (Å²) in [6, 6.07) is 5.73. The summed E-state index contributed by atoms with van der Waals surface area (Å²) < 4.78 is 11.8. The average molecular weight is 615 g/mol. The van der Waals surface area contributed by atoms with Crippen LogP contribution < -0.4 is 10.6 Å². The lowest BCUT2D eigenvalue weighted by molar-refractivity contribution is -0.138. The van der Waals surface area contributed by atoms with E-state index in [2.05, 4.69) is 33.4 Å². The third-order valence-electron chi connectivity index (χ3n) is 8.02. The summed E-state index contributed by atoms with van der Waals surface area (Å²) in [5.74, 6) is -1.29. The minimum atomic E-state index is -0.985. The SMILES string of the molecule is CC1=CCNc2cc(NC(=O)CN(CCN3CCOCCN(CCN4CC(=O)CC(=O)C4)CCOCC3)CC(=O)O)ccc21. The predicted octanol–water partition coefficient (Wildman–Crippen LogP) is 0.335. The predicted molar refractivity (Wildman–Crippen MR) is 167 cm³/mol. The van der Waals surface area contributed by atoms with E-state index in [1.54, 1.807) is 4.90 Å². The summed E-state index contributed by atoms with van der Waals surface area (Å²) >= 11 is 0. The van der Waals surface area contributed by atoms with Gasteiger partial charge in [0, 0.05) is 75.8 Å². The highest BCUT2D eigenvalue weighted by Crippen LogP contribution is 2.29. The second-order valence-electron chi connectivity index (χ2n) is 11.6. The number of carboxylic acid groups (broad SMARTS) is 1. The molecule has 0 radical (unpaired) electrons. The van der Waals surface area contributed by atoms with Crippen LogP contribution in [0.15, 0.2) is 24.3 Å². The summed E-state index contributed by atoms with van der Waals surface area (Å²) in [5, 5.41) is 15.7. The molecule has 13 nitrogen and oxygen atoms in total. The number of ketones is 2. The first-order chi connectivity index (χ1) is 21.2. The maximum absolute atomic E-state index is 12.9. The van der Waals surface area contributed by atoms with Crippen LogP contribution in [0.3, 0.4) is 0 Å². The fourth-order valence-corrected chi connectivity index (χ4v) is 5.60. The molecule has 0 bridgehead atoms. The molecule has 2 saturated heterocycles. The fraction of sp³-hybridized carbons (Fsp3) is 0.613. The minimum Gasteiger partial charge on any atom is -0.480 e. The number of ether oxygens (including phenoxy) is 2. The lowest BCUT2D eigenvalue weighted by Crippen LogP contribution is -2.46. The summed E-state index contributed by atoms with van der Waals surface area (Å²) in [6.07, 6.45) is 2.17. The second kappa shape index (κ2) is 17.3. The van der Waals surface area contributed by atoms with E-state index >= 15 is 0 Å². The molecule has 0 spiro atoms. The summed E-state index contributed by atoms with van der Waals surface area (Å²) in [6.45, 7) is 10.4. The standard InChI is InChI=1S/C31H46N6O7/c1-24-4-5-32-29-18-25(2-3-28(24)29)33-30(40)22-37(23-31(41)42)9-7-35-12-16-43-14-10-34(11-15-44-17-13-35)6-8-36-20-26(38)19-27(39)21-36/h2-4,18,32H,5-17,19-23H2,1H3,(H,33,40)(H,41,42). The number of nitrogens with zero attached hydrogens (tertiary/aromatic N) is 4. The monoisotopic (exact) mass is 614 g/mol. The highest BCUT2D eigenvalue weighted by molar-refractivity contribution is 6.03. The number of anilines is 2. The number of hydrogen-bond acceptors (Lipinski definition) is 11. The van der Waals surface area contributed by atoms with Gasteiger partial charge in [-0.05, 0) is 24.6 Å². The Bertz CT molecular complexity index is 1160. The molecular weight excluding hydrogens is 568 g/mol. The summed E-state index contributed by atoms with van der Waals surface area (Å²) in [5.41, 5.74) is 3.92. The van der Waals surface area contributed by atoms with Crippen molar-refractivity contribution in [1.82, 2.24) is 19.6 Å². The van der Waals surface area contributed by atoms with Gasteiger partial charge < -0.3 is 25.2 Å². The van der Waals surface area contributed by atoms with Crippen LogP contribution in [0.5, 0.6) is 0 Å². The van der Waals surface area contributed by atoms with Crippen molar-refractivity contribution in [2.24, 2.45) is 0 Å². The second-order valence-corrected chi connectivity index (χ2v) is 11.6. The fourth-order valence-electron chi connectivity index (χ4n) is 5.60. The molecule has 0 atom stereocenters. The van der Waals surface area contributed by atoms with E-state index in [0.717, 1.165) is 37.4 Å². The zero-order valence-electron chi connectivity index (χ0n) is 25.7. The molecule has 2 fully saturated rings. The van der Waals surface area contributed by atoms with Gasteiger partial charge in [0.2, 0.25) is 5.91 Å². The van der Waals surface area contributed by atoms with Gasteiger partial charge in [-0.3, -0.25) is 38.8 Å². The molecule has 3 N–H and O–H groups in total. The molecule has 3 heterocycles. The number of hydrogen-bond donors (Lipinski definition) is 3. The Balaban J connectivity index is 1.20. The van der Waals surface area contributed by atoms with Gasteiger partial charge in [-0.2, -0.15) is 0 Å². The smallest absolute Gasteiger partial charge is 0.317 e. The largest absolute Gasteiger partial charge is 0.480 e. The molecule has 3 aliphatic heterocycles.